The number of hydrogen-bond donors (Lipinski definition) is 1. The van der Waals surface area contributed by atoms with Crippen LogP contribution in [0.15, 0.2) is 67.1 Å². The fourth-order valence-corrected chi connectivity index (χ4v) is 2.94. The Kier molecular flexibility index (Phi) is 7.01. The maximum absolute atomic E-state index is 4.70. The van der Waals surface area contributed by atoms with Crippen molar-refractivity contribution in [2.45, 2.75) is 25.7 Å². The van der Waals surface area contributed by atoms with Crippen LogP contribution in [0.1, 0.15) is 31.5 Å². The fourth-order valence-electron chi connectivity index (χ4n) is 2.94. The van der Waals surface area contributed by atoms with Gasteiger partial charge in [-0.1, -0.05) is 38.2 Å². The molecule has 0 atom stereocenters. The molecule has 2 aromatic heterocycles. The maximum Gasteiger partial charge on any atom is 0.232 e. The second-order valence-corrected chi connectivity index (χ2v) is 6.34. The first-order valence-corrected chi connectivity index (χ1v) is 9.46. The SMILES string of the molecule is C=C/C=C\C(=N/C=C)c1nc(Nc2ccncc2)nc(N2CCCCCC2)n1. The first-order valence-electron chi connectivity index (χ1n) is 9.46. The molecule has 7 nitrogen and oxygen atoms in total. The Morgan fingerprint density at radius 2 is 1.79 bits per heavy atom. The molecular weight excluding hydrogens is 350 g/mol. The summed E-state index contributed by atoms with van der Waals surface area (Å²) < 4.78 is 0. The van der Waals surface area contributed by atoms with Crippen LogP contribution in [-0.2, 0) is 0 Å². The van der Waals surface area contributed by atoms with Crippen molar-refractivity contribution in [2.75, 3.05) is 23.3 Å². The zero-order valence-electron chi connectivity index (χ0n) is 16.0. The lowest BCUT2D eigenvalue weighted by molar-refractivity contribution is 0.726. The van der Waals surface area contributed by atoms with Crippen molar-refractivity contribution < 1.29 is 0 Å². The first kappa shape index (κ1) is 19.4. The van der Waals surface area contributed by atoms with Gasteiger partial charge in [0.05, 0.1) is 0 Å². The normalized spacial score (nSPS) is 15.3. The smallest absolute Gasteiger partial charge is 0.232 e. The minimum Gasteiger partial charge on any atom is -0.341 e. The van der Waals surface area contributed by atoms with Crippen LogP contribution in [0.4, 0.5) is 17.6 Å². The third kappa shape index (κ3) is 5.33. The molecular formula is C21H25N7. The summed E-state index contributed by atoms with van der Waals surface area (Å²) in [6.07, 6.45) is 15.0. The van der Waals surface area contributed by atoms with E-state index in [1.807, 2.05) is 18.2 Å². The lowest BCUT2D eigenvalue weighted by atomic mass is 10.2. The second-order valence-electron chi connectivity index (χ2n) is 6.34. The lowest BCUT2D eigenvalue weighted by Gasteiger charge is -2.21. The van der Waals surface area contributed by atoms with Gasteiger partial charge in [-0.25, -0.2) is 0 Å². The Bertz CT molecular complexity index is 850. The molecule has 1 N–H and O–H groups in total. The Balaban J connectivity index is 2.01. The van der Waals surface area contributed by atoms with Gasteiger partial charge in [0.2, 0.25) is 11.9 Å². The van der Waals surface area contributed by atoms with Gasteiger partial charge in [-0.05, 0) is 31.1 Å². The minimum absolute atomic E-state index is 0.471. The van der Waals surface area contributed by atoms with Crippen molar-refractivity contribution in [1.82, 2.24) is 19.9 Å². The summed E-state index contributed by atoms with van der Waals surface area (Å²) in [6.45, 7) is 9.29. The summed E-state index contributed by atoms with van der Waals surface area (Å²) in [4.78, 5) is 24.5. The quantitative estimate of drug-likeness (QED) is 0.581. The van der Waals surface area contributed by atoms with Crippen molar-refractivity contribution in [1.29, 1.82) is 0 Å². The van der Waals surface area contributed by atoms with Crippen molar-refractivity contribution in [3.63, 3.8) is 0 Å². The molecule has 28 heavy (non-hydrogen) atoms. The largest absolute Gasteiger partial charge is 0.341 e. The third-order valence-electron chi connectivity index (χ3n) is 4.30. The van der Waals surface area contributed by atoms with Crippen LogP contribution in [0.3, 0.4) is 0 Å². The number of hydrogen-bond acceptors (Lipinski definition) is 7. The minimum atomic E-state index is 0.471. The highest BCUT2D eigenvalue weighted by molar-refractivity contribution is 6.06. The number of pyridine rings is 1. The molecule has 0 radical (unpaired) electrons. The summed E-state index contributed by atoms with van der Waals surface area (Å²) in [5.74, 6) is 1.62. The van der Waals surface area contributed by atoms with Crippen LogP contribution >= 0.6 is 0 Å². The predicted octanol–water partition coefficient (Wildman–Crippen LogP) is 4.07. The summed E-state index contributed by atoms with van der Waals surface area (Å²) >= 11 is 0. The molecule has 0 aliphatic carbocycles. The summed E-state index contributed by atoms with van der Waals surface area (Å²) in [6, 6.07) is 3.73. The average Bonchev–Trinajstić information content (AvgIpc) is 3.01. The molecule has 0 saturated carbocycles. The van der Waals surface area contributed by atoms with Crippen LogP contribution in [0.25, 0.3) is 0 Å². The van der Waals surface area contributed by atoms with E-state index in [2.05, 4.69) is 43.3 Å². The van der Waals surface area contributed by atoms with Gasteiger partial charge in [0.15, 0.2) is 5.82 Å². The molecule has 3 rings (SSSR count). The number of aliphatic imine (C=N–C) groups is 1. The summed E-state index contributed by atoms with van der Waals surface area (Å²) in [7, 11) is 0. The standard InChI is InChI=1S/C21H25N7/c1-3-5-10-18(23-4-2)19-25-20(24-17-11-13-22-14-12-17)27-21(26-19)28-15-8-6-7-9-16-28/h3-5,10-14H,1-2,6-9,15-16H2,(H,22,24,25,26,27)/b10-5-,23-18+. The van der Waals surface area contributed by atoms with Crippen LogP contribution < -0.4 is 10.2 Å². The number of nitrogens with zero attached hydrogens (tertiary/aromatic N) is 6. The molecule has 0 aromatic carbocycles. The summed E-state index contributed by atoms with van der Waals surface area (Å²) in [5, 5.41) is 3.24. The zero-order valence-corrected chi connectivity index (χ0v) is 16.0. The van der Waals surface area contributed by atoms with Gasteiger partial charge in [-0.15, -0.1) is 0 Å². The second kappa shape index (κ2) is 10.1. The fraction of sp³-hybridized carbons (Fsp3) is 0.286. The van der Waals surface area contributed by atoms with Gasteiger partial charge in [-0.3, -0.25) is 9.98 Å². The van der Waals surface area contributed by atoms with Crippen molar-refractivity contribution in [2.24, 2.45) is 4.99 Å². The van der Waals surface area contributed by atoms with Gasteiger partial charge in [-0.2, -0.15) is 15.0 Å². The van der Waals surface area contributed by atoms with E-state index >= 15 is 0 Å². The Labute approximate surface area is 165 Å². The van der Waals surface area contributed by atoms with Crippen molar-refractivity contribution in [3.05, 3.63) is 67.9 Å². The van der Waals surface area contributed by atoms with Gasteiger partial charge in [0.25, 0.3) is 0 Å². The van der Waals surface area contributed by atoms with E-state index in [1.54, 1.807) is 24.5 Å². The summed E-state index contributed by atoms with van der Waals surface area (Å²) in [5.41, 5.74) is 1.46. The average molecular weight is 375 g/mol. The molecule has 0 amide bonds. The van der Waals surface area contributed by atoms with E-state index in [9.17, 15) is 0 Å². The molecule has 0 bridgehead atoms. The Hall–Kier alpha value is -3.35. The van der Waals surface area contributed by atoms with E-state index in [0.29, 0.717) is 23.4 Å². The molecule has 3 heterocycles. The van der Waals surface area contributed by atoms with Crippen LogP contribution in [0, 0.1) is 0 Å². The van der Waals surface area contributed by atoms with E-state index in [0.717, 1.165) is 31.6 Å². The predicted molar refractivity (Wildman–Crippen MR) is 114 cm³/mol. The van der Waals surface area contributed by atoms with E-state index in [-0.39, 0.29) is 0 Å². The molecule has 2 aromatic rings. The number of nitrogens with one attached hydrogen (secondary N) is 1. The third-order valence-corrected chi connectivity index (χ3v) is 4.30. The van der Waals surface area contributed by atoms with Gasteiger partial charge >= 0.3 is 0 Å². The highest BCUT2D eigenvalue weighted by Crippen LogP contribution is 2.19. The maximum atomic E-state index is 4.70. The molecule has 0 unspecified atom stereocenters. The molecule has 1 aliphatic rings. The highest BCUT2D eigenvalue weighted by atomic mass is 15.3. The van der Waals surface area contributed by atoms with Gasteiger partial charge in [0, 0.05) is 37.4 Å². The lowest BCUT2D eigenvalue weighted by Crippen LogP contribution is -2.27. The molecule has 0 spiro atoms. The number of allylic oxidation sites excluding steroid dienone is 3. The first-order chi connectivity index (χ1) is 13.8. The topological polar surface area (TPSA) is 79.2 Å². The van der Waals surface area contributed by atoms with Crippen LogP contribution in [0.5, 0.6) is 0 Å². The number of rotatable bonds is 7. The van der Waals surface area contributed by atoms with Crippen molar-refractivity contribution >= 4 is 23.3 Å². The monoisotopic (exact) mass is 375 g/mol. The van der Waals surface area contributed by atoms with E-state index < -0.39 is 0 Å². The van der Waals surface area contributed by atoms with E-state index in [1.165, 1.54) is 19.0 Å². The molecule has 1 saturated heterocycles. The molecule has 7 heteroatoms. The highest BCUT2D eigenvalue weighted by Gasteiger charge is 2.17. The van der Waals surface area contributed by atoms with Gasteiger partial charge < -0.3 is 10.2 Å². The van der Waals surface area contributed by atoms with Crippen LogP contribution in [0.2, 0.25) is 0 Å². The molecule has 1 fully saturated rings. The Morgan fingerprint density at radius 3 is 2.46 bits per heavy atom. The number of aromatic nitrogens is 4. The van der Waals surface area contributed by atoms with E-state index in [4.69, 9.17) is 4.98 Å². The van der Waals surface area contributed by atoms with Crippen molar-refractivity contribution in [3.8, 4) is 0 Å². The van der Waals surface area contributed by atoms with Crippen LogP contribution in [-0.4, -0.2) is 38.7 Å². The van der Waals surface area contributed by atoms with Gasteiger partial charge in [0.1, 0.15) is 5.71 Å². The Morgan fingerprint density at radius 1 is 1.04 bits per heavy atom. The molecule has 1 aliphatic heterocycles. The molecule has 144 valence electrons. The zero-order chi connectivity index (χ0) is 19.6. The number of anilines is 3.